The molecule has 0 aromatic heterocycles. The number of aliphatic hydroxyl groups is 1. The number of nitrogens with one attached hydrogen (secondary N) is 1. The van der Waals surface area contributed by atoms with Gasteiger partial charge in [0.05, 0.1) is 0 Å². The van der Waals surface area contributed by atoms with Crippen molar-refractivity contribution in [3.63, 3.8) is 0 Å². The maximum atomic E-state index is 12.3. The number of hydrogen-bond donors (Lipinski definition) is 2. The summed E-state index contributed by atoms with van der Waals surface area (Å²) in [4.78, 5) is 14.7. The molecular weight excluding hydrogens is 288 g/mol. The molecular formula is C19H30N2O2. The normalized spacial score (nSPS) is 23.4. The molecule has 0 spiro atoms. The van der Waals surface area contributed by atoms with Crippen molar-refractivity contribution in [2.45, 2.75) is 45.7 Å². The Kier molecular flexibility index (Phi) is 7.06. The van der Waals surface area contributed by atoms with E-state index in [-0.39, 0.29) is 30.4 Å². The zero-order valence-electron chi connectivity index (χ0n) is 14.4. The Bertz CT molecular complexity index is 478. The minimum absolute atomic E-state index is 0.0452. The van der Waals surface area contributed by atoms with E-state index < -0.39 is 0 Å². The number of amides is 1. The van der Waals surface area contributed by atoms with E-state index in [4.69, 9.17) is 0 Å². The molecule has 128 valence electrons. The first-order valence-corrected chi connectivity index (χ1v) is 8.81. The minimum atomic E-state index is 0.0452. The Morgan fingerprint density at radius 1 is 1.39 bits per heavy atom. The maximum Gasteiger partial charge on any atom is 0.223 e. The number of benzene rings is 1. The van der Waals surface area contributed by atoms with Gasteiger partial charge in [0.25, 0.3) is 0 Å². The standard InChI is InChI=1S/C19H30N2O2/c1-3-7-15(2)19(23)20-18-13-21(11-10-17(18)14-22)12-16-8-5-4-6-9-16/h4-6,8-9,15,17-18,22H,3,7,10-14H2,1-2H3,(H,20,23). The van der Waals surface area contributed by atoms with Gasteiger partial charge < -0.3 is 10.4 Å². The van der Waals surface area contributed by atoms with Gasteiger partial charge in [-0.2, -0.15) is 0 Å². The number of piperidine rings is 1. The summed E-state index contributed by atoms with van der Waals surface area (Å²) in [7, 11) is 0. The summed E-state index contributed by atoms with van der Waals surface area (Å²) in [6.07, 6.45) is 2.86. The summed E-state index contributed by atoms with van der Waals surface area (Å²) in [6, 6.07) is 10.5. The molecule has 0 bridgehead atoms. The van der Waals surface area contributed by atoms with Crippen LogP contribution in [0.4, 0.5) is 0 Å². The van der Waals surface area contributed by atoms with Crippen LogP contribution < -0.4 is 5.32 Å². The Morgan fingerprint density at radius 3 is 2.78 bits per heavy atom. The highest BCUT2D eigenvalue weighted by molar-refractivity contribution is 5.78. The van der Waals surface area contributed by atoms with Gasteiger partial charge in [-0.25, -0.2) is 0 Å². The fraction of sp³-hybridized carbons (Fsp3) is 0.632. The molecule has 1 saturated heterocycles. The largest absolute Gasteiger partial charge is 0.396 e. The third-order valence-corrected chi connectivity index (χ3v) is 4.82. The quantitative estimate of drug-likeness (QED) is 0.812. The molecule has 4 heteroatoms. The Hall–Kier alpha value is -1.39. The third kappa shape index (κ3) is 5.33. The second kappa shape index (κ2) is 9.04. The fourth-order valence-corrected chi connectivity index (χ4v) is 3.32. The van der Waals surface area contributed by atoms with Crippen molar-refractivity contribution in [1.82, 2.24) is 10.2 Å². The van der Waals surface area contributed by atoms with Crippen LogP contribution in [0.5, 0.6) is 0 Å². The van der Waals surface area contributed by atoms with Crippen LogP contribution in [0.25, 0.3) is 0 Å². The summed E-state index contributed by atoms with van der Waals surface area (Å²) < 4.78 is 0. The highest BCUT2D eigenvalue weighted by Gasteiger charge is 2.30. The number of rotatable bonds is 7. The topological polar surface area (TPSA) is 52.6 Å². The van der Waals surface area contributed by atoms with Crippen molar-refractivity contribution >= 4 is 5.91 Å². The van der Waals surface area contributed by atoms with Crippen LogP contribution in [0.15, 0.2) is 30.3 Å². The molecule has 1 aliphatic heterocycles. The van der Waals surface area contributed by atoms with Crippen molar-refractivity contribution in [2.75, 3.05) is 19.7 Å². The highest BCUT2D eigenvalue weighted by atomic mass is 16.3. The lowest BCUT2D eigenvalue weighted by Gasteiger charge is -2.38. The predicted octanol–water partition coefficient (Wildman–Crippen LogP) is 2.42. The molecule has 0 radical (unpaired) electrons. The second-order valence-electron chi connectivity index (χ2n) is 6.76. The van der Waals surface area contributed by atoms with Gasteiger partial charge in [0.1, 0.15) is 0 Å². The summed E-state index contributed by atoms with van der Waals surface area (Å²) in [5, 5.41) is 12.8. The lowest BCUT2D eigenvalue weighted by Crippen LogP contribution is -2.54. The maximum absolute atomic E-state index is 12.3. The number of carbonyl (C=O) groups excluding carboxylic acids is 1. The number of carbonyl (C=O) groups is 1. The molecule has 3 unspecified atom stereocenters. The molecule has 1 aromatic rings. The molecule has 2 rings (SSSR count). The van der Waals surface area contributed by atoms with E-state index in [1.807, 2.05) is 13.0 Å². The first-order chi connectivity index (χ1) is 11.1. The van der Waals surface area contributed by atoms with Gasteiger partial charge in [0.2, 0.25) is 5.91 Å². The fourth-order valence-electron chi connectivity index (χ4n) is 3.32. The molecule has 3 atom stereocenters. The van der Waals surface area contributed by atoms with Gasteiger partial charge in [0.15, 0.2) is 0 Å². The highest BCUT2D eigenvalue weighted by Crippen LogP contribution is 2.20. The number of hydrogen-bond acceptors (Lipinski definition) is 3. The van der Waals surface area contributed by atoms with Crippen molar-refractivity contribution in [3.8, 4) is 0 Å². The van der Waals surface area contributed by atoms with Gasteiger partial charge >= 0.3 is 0 Å². The summed E-state index contributed by atoms with van der Waals surface area (Å²) >= 11 is 0. The average Bonchev–Trinajstić information content (AvgIpc) is 2.56. The summed E-state index contributed by atoms with van der Waals surface area (Å²) in [6.45, 7) is 6.91. The monoisotopic (exact) mass is 318 g/mol. The Morgan fingerprint density at radius 2 is 2.13 bits per heavy atom. The molecule has 1 aliphatic rings. The molecule has 1 heterocycles. The molecule has 1 fully saturated rings. The van der Waals surface area contributed by atoms with Gasteiger partial charge in [-0.3, -0.25) is 9.69 Å². The van der Waals surface area contributed by atoms with Crippen LogP contribution in [-0.2, 0) is 11.3 Å². The van der Waals surface area contributed by atoms with Crippen molar-refractivity contribution < 1.29 is 9.90 Å². The van der Waals surface area contributed by atoms with Gasteiger partial charge in [-0.15, -0.1) is 0 Å². The van der Waals surface area contributed by atoms with Crippen LogP contribution in [0.3, 0.4) is 0 Å². The zero-order valence-corrected chi connectivity index (χ0v) is 14.4. The molecule has 0 aliphatic carbocycles. The van der Waals surface area contributed by atoms with Gasteiger partial charge in [-0.05, 0) is 24.9 Å². The van der Waals surface area contributed by atoms with Crippen LogP contribution in [0.2, 0.25) is 0 Å². The van der Waals surface area contributed by atoms with E-state index in [2.05, 4.69) is 41.4 Å². The average molecular weight is 318 g/mol. The number of nitrogens with zero attached hydrogens (tertiary/aromatic N) is 1. The molecule has 23 heavy (non-hydrogen) atoms. The van der Waals surface area contributed by atoms with Crippen LogP contribution in [0.1, 0.15) is 38.7 Å². The molecule has 2 N–H and O–H groups in total. The Labute approximate surface area is 139 Å². The lowest BCUT2D eigenvalue weighted by molar-refractivity contribution is -0.126. The van der Waals surface area contributed by atoms with Crippen molar-refractivity contribution in [3.05, 3.63) is 35.9 Å². The van der Waals surface area contributed by atoms with Crippen molar-refractivity contribution in [1.29, 1.82) is 0 Å². The molecule has 1 aromatic carbocycles. The number of likely N-dealkylation sites (tertiary alicyclic amines) is 1. The van der Waals surface area contributed by atoms with E-state index in [0.717, 1.165) is 38.9 Å². The second-order valence-corrected chi connectivity index (χ2v) is 6.76. The predicted molar refractivity (Wildman–Crippen MR) is 92.9 cm³/mol. The smallest absolute Gasteiger partial charge is 0.223 e. The summed E-state index contributed by atoms with van der Waals surface area (Å²) in [5.41, 5.74) is 1.29. The molecule has 1 amide bonds. The van der Waals surface area contributed by atoms with Gasteiger partial charge in [-0.1, -0.05) is 50.6 Å². The summed E-state index contributed by atoms with van der Waals surface area (Å²) in [5.74, 6) is 0.334. The van der Waals surface area contributed by atoms with E-state index in [1.54, 1.807) is 0 Å². The Balaban J connectivity index is 1.94. The van der Waals surface area contributed by atoms with E-state index >= 15 is 0 Å². The third-order valence-electron chi connectivity index (χ3n) is 4.82. The van der Waals surface area contributed by atoms with E-state index in [0.29, 0.717) is 0 Å². The van der Waals surface area contributed by atoms with Crippen LogP contribution in [-0.4, -0.2) is 41.7 Å². The van der Waals surface area contributed by atoms with Gasteiger partial charge in [0, 0.05) is 37.6 Å². The molecule has 0 saturated carbocycles. The lowest BCUT2D eigenvalue weighted by atomic mass is 9.91. The minimum Gasteiger partial charge on any atom is -0.396 e. The molecule has 4 nitrogen and oxygen atoms in total. The number of aliphatic hydroxyl groups excluding tert-OH is 1. The van der Waals surface area contributed by atoms with E-state index in [1.165, 1.54) is 5.56 Å². The first kappa shape index (κ1) is 18.0. The SMILES string of the molecule is CCCC(C)C(=O)NC1CN(Cc2ccccc2)CCC1CO. The van der Waals surface area contributed by atoms with E-state index in [9.17, 15) is 9.90 Å². The van der Waals surface area contributed by atoms with Crippen molar-refractivity contribution in [2.24, 2.45) is 11.8 Å². The zero-order chi connectivity index (χ0) is 16.7. The van der Waals surface area contributed by atoms with Crippen LogP contribution in [0, 0.1) is 11.8 Å². The first-order valence-electron chi connectivity index (χ1n) is 8.81. The van der Waals surface area contributed by atoms with Crippen LogP contribution >= 0.6 is 0 Å².